The van der Waals surface area contributed by atoms with Crippen LogP contribution in [0.5, 0.6) is 0 Å². The standard InChI is InChI=1S/C9H7ClN2O4/c1-5(10)9-11-4-7(16-9)6-2-3-8(15-6)12(13)14/h2-5H,1H3. The highest BCUT2D eigenvalue weighted by molar-refractivity contribution is 6.20. The molecule has 2 aromatic rings. The Labute approximate surface area is 95.0 Å². The van der Waals surface area contributed by atoms with Gasteiger partial charge in [0.15, 0.2) is 11.5 Å². The number of oxazole rings is 1. The Balaban J connectivity index is 2.31. The zero-order valence-corrected chi connectivity index (χ0v) is 8.97. The van der Waals surface area contributed by atoms with Gasteiger partial charge in [-0.2, -0.15) is 0 Å². The molecule has 16 heavy (non-hydrogen) atoms. The lowest BCUT2D eigenvalue weighted by Gasteiger charge is -1.93. The van der Waals surface area contributed by atoms with Crippen molar-refractivity contribution in [2.24, 2.45) is 0 Å². The molecule has 1 atom stereocenters. The average molecular weight is 243 g/mol. The first-order chi connectivity index (χ1) is 7.58. The van der Waals surface area contributed by atoms with Crippen molar-refractivity contribution in [3.8, 4) is 11.5 Å². The van der Waals surface area contributed by atoms with Crippen molar-refractivity contribution < 1.29 is 13.8 Å². The minimum absolute atomic E-state index is 0.253. The fraction of sp³-hybridized carbons (Fsp3) is 0.222. The van der Waals surface area contributed by atoms with E-state index >= 15 is 0 Å². The summed E-state index contributed by atoms with van der Waals surface area (Å²) in [6.45, 7) is 1.71. The Morgan fingerprint density at radius 1 is 1.44 bits per heavy atom. The summed E-state index contributed by atoms with van der Waals surface area (Å²) in [5, 5.41) is 10.0. The van der Waals surface area contributed by atoms with Gasteiger partial charge in [0.05, 0.1) is 12.3 Å². The van der Waals surface area contributed by atoms with Crippen molar-refractivity contribution in [3.05, 3.63) is 34.3 Å². The van der Waals surface area contributed by atoms with Crippen molar-refractivity contribution >= 4 is 17.5 Å². The van der Waals surface area contributed by atoms with Gasteiger partial charge in [-0.3, -0.25) is 10.1 Å². The quantitative estimate of drug-likeness (QED) is 0.469. The number of aromatic nitrogens is 1. The molecule has 0 aliphatic rings. The van der Waals surface area contributed by atoms with Gasteiger partial charge in [0, 0.05) is 0 Å². The first-order valence-electron chi connectivity index (χ1n) is 4.42. The van der Waals surface area contributed by atoms with Crippen LogP contribution >= 0.6 is 11.6 Å². The molecular formula is C9H7ClN2O4. The van der Waals surface area contributed by atoms with Gasteiger partial charge in [-0.25, -0.2) is 4.98 Å². The molecule has 6 nitrogen and oxygen atoms in total. The summed E-state index contributed by atoms with van der Waals surface area (Å²) >= 11 is 5.76. The van der Waals surface area contributed by atoms with E-state index in [4.69, 9.17) is 20.4 Å². The van der Waals surface area contributed by atoms with Crippen LogP contribution in [0.3, 0.4) is 0 Å². The highest BCUT2D eigenvalue weighted by Crippen LogP contribution is 2.29. The summed E-state index contributed by atoms with van der Waals surface area (Å²) in [4.78, 5) is 13.7. The number of alkyl halides is 1. The van der Waals surface area contributed by atoms with Gasteiger partial charge < -0.3 is 8.83 Å². The van der Waals surface area contributed by atoms with E-state index in [0.29, 0.717) is 11.7 Å². The number of hydrogen-bond acceptors (Lipinski definition) is 5. The largest absolute Gasteiger partial charge is 0.436 e. The lowest BCUT2D eigenvalue weighted by molar-refractivity contribution is -0.401. The van der Waals surface area contributed by atoms with Crippen LogP contribution in [-0.4, -0.2) is 9.91 Å². The second kappa shape index (κ2) is 3.97. The van der Waals surface area contributed by atoms with E-state index < -0.39 is 4.92 Å². The molecule has 0 bridgehead atoms. The maximum atomic E-state index is 10.4. The van der Waals surface area contributed by atoms with E-state index in [1.807, 2.05) is 0 Å². The van der Waals surface area contributed by atoms with Crippen LogP contribution in [0.4, 0.5) is 5.88 Å². The molecule has 0 saturated heterocycles. The topological polar surface area (TPSA) is 82.3 Å². The maximum Gasteiger partial charge on any atom is 0.433 e. The Kier molecular flexibility index (Phi) is 2.66. The molecule has 0 spiro atoms. The average Bonchev–Trinajstić information content (AvgIpc) is 2.86. The molecule has 2 rings (SSSR count). The predicted molar refractivity (Wildman–Crippen MR) is 55.1 cm³/mol. The van der Waals surface area contributed by atoms with Crippen molar-refractivity contribution in [1.82, 2.24) is 4.98 Å². The van der Waals surface area contributed by atoms with Gasteiger partial charge in [0.2, 0.25) is 5.89 Å². The Bertz CT molecular complexity index is 517. The van der Waals surface area contributed by atoms with Crippen LogP contribution in [0.1, 0.15) is 18.2 Å². The molecule has 2 heterocycles. The third-order valence-corrected chi connectivity index (χ3v) is 2.07. The number of furan rings is 1. The molecule has 0 aliphatic heterocycles. The van der Waals surface area contributed by atoms with Crippen LogP contribution in [-0.2, 0) is 0 Å². The molecule has 0 fully saturated rings. The predicted octanol–water partition coefficient (Wildman–Crippen LogP) is 3.14. The molecule has 0 aliphatic carbocycles. The van der Waals surface area contributed by atoms with Crippen LogP contribution in [0.2, 0.25) is 0 Å². The zero-order chi connectivity index (χ0) is 11.7. The van der Waals surface area contributed by atoms with Crippen molar-refractivity contribution in [1.29, 1.82) is 0 Å². The molecule has 0 saturated carbocycles. The van der Waals surface area contributed by atoms with Gasteiger partial charge in [0.1, 0.15) is 10.3 Å². The molecule has 84 valence electrons. The minimum Gasteiger partial charge on any atom is -0.436 e. The number of rotatable bonds is 3. The maximum absolute atomic E-state index is 10.4. The highest BCUT2D eigenvalue weighted by Gasteiger charge is 2.17. The summed E-state index contributed by atoms with van der Waals surface area (Å²) in [5.74, 6) is 0.570. The van der Waals surface area contributed by atoms with Gasteiger partial charge in [0.25, 0.3) is 0 Å². The monoisotopic (exact) mass is 242 g/mol. The fourth-order valence-electron chi connectivity index (χ4n) is 1.14. The Morgan fingerprint density at radius 3 is 2.69 bits per heavy atom. The van der Waals surface area contributed by atoms with Crippen LogP contribution in [0.25, 0.3) is 11.5 Å². The number of halogens is 1. The van der Waals surface area contributed by atoms with Crippen LogP contribution < -0.4 is 0 Å². The number of nitro groups is 1. The summed E-state index contributed by atoms with van der Waals surface area (Å²) in [7, 11) is 0. The zero-order valence-electron chi connectivity index (χ0n) is 8.21. The highest BCUT2D eigenvalue weighted by atomic mass is 35.5. The normalized spacial score (nSPS) is 12.6. The van der Waals surface area contributed by atoms with E-state index in [2.05, 4.69) is 4.98 Å². The van der Waals surface area contributed by atoms with Crippen molar-refractivity contribution in [3.63, 3.8) is 0 Å². The van der Waals surface area contributed by atoms with Gasteiger partial charge in [-0.15, -0.1) is 11.6 Å². The molecule has 0 aromatic carbocycles. The summed E-state index contributed by atoms with van der Waals surface area (Å²) in [6, 6.07) is 2.70. The molecule has 0 N–H and O–H groups in total. The van der Waals surface area contributed by atoms with Crippen LogP contribution in [0, 0.1) is 10.1 Å². The third-order valence-electron chi connectivity index (χ3n) is 1.88. The minimum atomic E-state index is -0.620. The molecule has 0 amide bonds. The fourth-order valence-corrected chi connectivity index (χ4v) is 1.24. The van der Waals surface area contributed by atoms with Crippen molar-refractivity contribution in [2.45, 2.75) is 12.3 Å². The lowest BCUT2D eigenvalue weighted by Crippen LogP contribution is -1.82. The van der Waals surface area contributed by atoms with E-state index in [1.54, 1.807) is 6.92 Å². The molecule has 1 unspecified atom stereocenters. The number of nitrogens with zero attached hydrogens (tertiary/aromatic N) is 2. The lowest BCUT2D eigenvalue weighted by atomic mass is 10.4. The van der Waals surface area contributed by atoms with E-state index in [-0.39, 0.29) is 17.0 Å². The smallest absolute Gasteiger partial charge is 0.433 e. The first kappa shape index (κ1) is 10.7. The molecule has 0 radical (unpaired) electrons. The Morgan fingerprint density at radius 2 is 2.19 bits per heavy atom. The molecule has 2 aromatic heterocycles. The van der Waals surface area contributed by atoms with Crippen LogP contribution in [0.15, 0.2) is 27.2 Å². The van der Waals surface area contributed by atoms with E-state index in [0.717, 1.165) is 0 Å². The molecule has 7 heteroatoms. The third kappa shape index (κ3) is 1.92. The van der Waals surface area contributed by atoms with Gasteiger partial charge in [-0.1, -0.05) is 0 Å². The summed E-state index contributed by atoms with van der Waals surface area (Å²) in [5.41, 5.74) is 0. The first-order valence-corrected chi connectivity index (χ1v) is 4.86. The summed E-state index contributed by atoms with van der Waals surface area (Å²) in [6.07, 6.45) is 1.41. The van der Waals surface area contributed by atoms with Gasteiger partial charge >= 0.3 is 5.88 Å². The van der Waals surface area contributed by atoms with E-state index in [9.17, 15) is 10.1 Å². The Hall–Kier alpha value is -1.82. The van der Waals surface area contributed by atoms with Crippen molar-refractivity contribution in [2.75, 3.05) is 0 Å². The second-order valence-electron chi connectivity index (χ2n) is 3.07. The van der Waals surface area contributed by atoms with E-state index in [1.165, 1.54) is 18.3 Å². The SMILES string of the molecule is CC(Cl)c1ncc(-c2ccc([N+](=O)[O-])o2)o1. The van der Waals surface area contributed by atoms with Gasteiger partial charge in [-0.05, 0) is 13.0 Å². The molecular weight excluding hydrogens is 236 g/mol. The summed E-state index contributed by atoms with van der Waals surface area (Å²) < 4.78 is 10.2. The number of hydrogen-bond donors (Lipinski definition) is 0. The second-order valence-corrected chi connectivity index (χ2v) is 3.73.